The molecular formula is C35H51N3O4S2. The molecule has 3 spiro atoms. The zero-order chi connectivity index (χ0) is 30.7. The maximum absolute atomic E-state index is 14.1. The molecule has 242 valence electrons. The Balaban J connectivity index is 1.27. The predicted molar refractivity (Wildman–Crippen MR) is 179 cm³/mol. The number of ketones is 1. The summed E-state index contributed by atoms with van der Waals surface area (Å²) >= 11 is 0. The Bertz CT molecular complexity index is 1300. The van der Waals surface area contributed by atoms with Crippen LogP contribution in [0.4, 0.5) is 0 Å². The van der Waals surface area contributed by atoms with Gasteiger partial charge in [-0.2, -0.15) is 0 Å². The standard InChI is InChI=1S/C35H51N3O4S2/c1-32-12-15-43-44-34(10-8-22-17-26(41)7-6-23(22)19-34)33(11-13-37-31(36)38-33)9-2-4-27-29-18-25(32)16-24(21-40)28(5-3-14-39)35(29,32)20-30(27)42/h6-7,17,22-25,28,39-41H,2-5,8-16,18-21H2,1H3,(H3,36,37,38). The number of rotatable bonds is 4. The second-order valence-electron chi connectivity index (χ2n) is 15.2. The summed E-state index contributed by atoms with van der Waals surface area (Å²) in [6, 6.07) is 0. The molecule has 44 heavy (non-hydrogen) atoms. The lowest BCUT2D eigenvalue weighted by Gasteiger charge is -2.57. The molecule has 3 fully saturated rings. The van der Waals surface area contributed by atoms with Crippen molar-refractivity contribution in [3.05, 3.63) is 35.1 Å². The van der Waals surface area contributed by atoms with Crippen LogP contribution in [0, 0.1) is 40.4 Å². The summed E-state index contributed by atoms with van der Waals surface area (Å²) in [5, 5.41) is 34.5. The van der Waals surface area contributed by atoms with Gasteiger partial charge in [-0.05, 0) is 130 Å². The van der Waals surface area contributed by atoms with Crippen molar-refractivity contribution in [2.75, 3.05) is 25.5 Å². The van der Waals surface area contributed by atoms with Gasteiger partial charge in [-0.25, -0.2) is 0 Å². The van der Waals surface area contributed by atoms with E-state index in [4.69, 9.17) is 5.73 Å². The minimum Gasteiger partial charge on any atom is -0.508 e. The highest BCUT2D eigenvalue weighted by Crippen LogP contribution is 2.75. The number of carbonyl (C=O) groups is 1. The van der Waals surface area contributed by atoms with E-state index >= 15 is 0 Å². The molecule has 5 bridgehead atoms. The molecule has 9 atom stereocenters. The van der Waals surface area contributed by atoms with Gasteiger partial charge in [0.1, 0.15) is 5.76 Å². The van der Waals surface area contributed by atoms with Crippen LogP contribution in [0.15, 0.2) is 40.1 Å². The van der Waals surface area contributed by atoms with Crippen LogP contribution >= 0.6 is 21.6 Å². The first kappa shape index (κ1) is 31.2. The van der Waals surface area contributed by atoms with Crippen LogP contribution in [-0.4, -0.2) is 62.9 Å². The molecule has 3 saturated carbocycles. The topological polar surface area (TPSA) is 128 Å². The minimum absolute atomic E-state index is 0.0181. The molecule has 0 amide bonds. The summed E-state index contributed by atoms with van der Waals surface area (Å²) in [7, 11) is 4.12. The summed E-state index contributed by atoms with van der Waals surface area (Å²) in [6.45, 7) is 3.54. The lowest BCUT2D eigenvalue weighted by Crippen LogP contribution is -2.67. The van der Waals surface area contributed by atoms with E-state index in [1.54, 1.807) is 0 Å². The van der Waals surface area contributed by atoms with Crippen molar-refractivity contribution >= 4 is 33.3 Å². The number of aliphatic imine (C=N–C) groups is 1. The van der Waals surface area contributed by atoms with Crippen molar-refractivity contribution in [3.8, 4) is 0 Å². The molecule has 0 aromatic carbocycles. The van der Waals surface area contributed by atoms with E-state index < -0.39 is 0 Å². The summed E-state index contributed by atoms with van der Waals surface area (Å²) in [5.74, 6) is 4.01. The Morgan fingerprint density at radius 1 is 1.18 bits per heavy atom. The van der Waals surface area contributed by atoms with E-state index in [0.29, 0.717) is 41.7 Å². The van der Waals surface area contributed by atoms with E-state index in [2.05, 4.69) is 40.2 Å². The average molecular weight is 642 g/mol. The Morgan fingerprint density at radius 3 is 2.84 bits per heavy atom. The zero-order valence-corrected chi connectivity index (χ0v) is 27.9. The third-order valence-corrected chi connectivity index (χ3v) is 17.0. The molecule has 0 aromatic rings. The van der Waals surface area contributed by atoms with E-state index in [0.717, 1.165) is 94.9 Å². The third-order valence-electron chi connectivity index (χ3n) is 13.7. The van der Waals surface area contributed by atoms with E-state index in [1.807, 2.05) is 16.9 Å². The third kappa shape index (κ3) is 4.60. The van der Waals surface area contributed by atoms with Crippen LogP contribution in [0.1, 0.15) is 90.4 Å². The maximum Gasteiger partial charge on any atom is 0.189 e. The number of fused-ring (bicyclic) bond motifs is 2. The largest absolute Gasteiger partial charge is 0.508 e. The number of nitrogens with two attached hydrogens (primary N) is 1. The first-order chi connectivity index (χ1) is 21.2. The number of aliphatic hydroxyl groups excluding tert-OH is 3. The van der Waals surface area contributed by atoms with Gasteiger partial charge in [-0.1, -0.05) is 40.2 Å². The Hall–Kier alpha value is -1.42. The number of nitrogens with one attached hydrogen (secondary N) is 1. The van der Waals surface area contributed by atoms with Gasteiger partial charge in [-0.15, -0.1) is 0 Å². The van der Waals surface area contributed by atoms with E-state index in [1.165, 1.54) is 5.57 Å². The highest BCUT2D eigenvalue weighted by Gasteiger charge is 2.70. The number of guanidine groups is 1. The van der Waals surface area contributed by atoms with Gasteiger partial charge in [0.25, 0.3) is 0 Å². The molecule has 0 aromatic heterocycles. The summed E-state index contributed by atoms with van der Waals surface area (Å²) < 4.78 is -0.0425. The van der Waals surface area contributed by atoms with Gasteiger partial charge in [0.2, 0.25) is 0 Å². The van der Waals surface area contributed by atoms with E-state index in [-0.39, 0.29) is 46.2 Å². The van der Waals surface area contributed by atoms with Gasteiger partial charge < -0.3 is 26.4 Å². The molecule has 2 aliphatic heterocycles. The fourth-order valence-corrected chi connectivity index (χ4v) is 15.4. The molecule has 5 aliphatic carbocycles. The lowest BCUT2D eigenvalue weighted by molar-refractivity contribution is -0.125. The highest BCUT2D eigenvalue weighted by atomic mass is 33.1. The van der Waals surface area contributed by atoms with Crippen LogP contribution in [0.2, 0.25) is 0 Å². The van der Waals surface area contributed by atoms with Crippen molar-refractivity contribution in [2.45, 2.75) is 101 Å². The van der Waals surface area contributed by atoms with Crippen LogP contribution in [0.5, 0.6) is 0 Å². The highest BCUT2D eigenvalue weighted by molar-refractivity contribution is 8.77. The normalized spacial score (nSPS) is 45.2. The molecule has 6 N–H and O–H groups in total. The molecule has 7 aliphatic rings. The number of Topliss-reactive ketones (excluding diaryl/α,β-unsaturated/α-hetero) is 1. The van der Waals surface area contributed by atoms with Crippen molar-refractivity contribution in [1.29, 1.82) is 0 Å². The van der Waals surface area contributed by atoms with Crippen molar-refractivity contribution < 1.29 is 20.1 Å². The Morgan fingerprint density at radius 2 is 2.05 bits per heavy atom. The first-order valence-corrected chi connectivity index (χ1v) is 19.5. The lowest BCUT2D eigenvalue weighted by atomic mass is 9.47. The quantitative estimate of drug-likeness (QED) is 0.243. The molecule has 2 heterocycles. The van der Waals surface area contributed by atoms with Crippen molar-refractivity contribution in [2.24, 2.45) is 51.1 Å². The number of aliphatic hydroxyl groups is 3. The van der Waals surface area contributed by atoms with Crippen LogP contribution in [0.3, 0.4) is 0 Å². The Kier molecular flexibility index (Phi) is 8.28. The second kappa shape index (κ2) is 11.7. The molecule has 9 heteroatoms. The fourth-order valence-electron chi connectivity index (χ4n) is 11.6. The summed E-state index contributed by atoms with van der Waals surface area (Å²) in [4.78, 5) is 18.7. The van der Waals surface area contributed by atoms with Crippen molar-refractivity contribution in [3.63, 3.8) is 0 Å². The zero-order valence-electron chi connectivity index (χ0n) is 26.2. The number of nitrogens with zero attached hydrogens (tertiary/aromatic N) is 1. The van der Waals surface area contributed by atoms with Gasteiger partial charge in [0.05, 0.1) is 10.3 Å². The molecule has 7 nitrogen and oxygen atoms in total. The Labute approximate surface area is 270 Å². The van der Waals surface area contributed by atoms with Gasteiger partial charge in [0, 0.05) is 37.3 Å². The minimum atomic E-state index is -0.207. The number of allylic oxidation sites excluding steroid dienone is 5. The second-order valence-corrected chi connectivity index (χ2v) is 18.0. The van der Waals surface area contributed by atoms with Crippen molar-refractivity contribution in [1.82, 2.24) is 5.32 Å². The first-order valence-electron chi connectivity index (χ1n) is 17.2. The molecule has 7 rings (SSSR count). The summed E-state index contributed by atoms with van der Waals surface area (Å²) in [5.41, 5.74) is 8.64. The SMILES string of the molecule is CC12CCSSC3(CCC4C=C(O)C=CC4C3)C3(CCCC4=C5CC1CC(CO)C(CCCO)C52CC4=O)CCN=C(N)N3. The van der Waals surface area contributed by atoms with Gasteiger partial charge in [-0.3, -0.25) is 9.79 Å². The maximum atomic E-state index is 14.1. The van der Waals surface area contributed by atoms with Crippen LogP contribution < -0.4 is 11.1 Å². The molecular weight excluding hydrogens is 591 g/mol. The predicted octanol–water partition coefficient (Wildman–Crippen LogP) is 5.84. The van der Waals surface area contributed by atoms with Gasteiger partial charge in [0.15, 0.2) is 11.7 Å². The monoisotopic (exact) mass is 641 g/mol. The number of hydrogen-bond acceptors (Lipinski definition) is 9. The van der Waals surface area contributed by atoms with Crippen LogP contribution in [0.25, 0.3) is 0 Å². The average Bonchev–Trinajstić information content (AvgIpc) is 3.34. The summed E-state index contributed by atoms with van der Waals surface area (Å²) in [6.07, 6.45) is 18.2. The smallest absolute Gasteiger partial charge is 0.189 e. The fraction of sp³-hybridized carbons (Fsp3) is 0.771. The number of carbonyl (C=O) groups excluding carboxylic acids is 1. The molecule has 0 saturated heterocycles. The molecule has 9 unspecified atom stereocenters. The van der Waals surface area contributed by atoms with E-state index in [9.17, 15) is 20.1 Å². The number of hydrogen-bond donors (Lipinski definition) is 5. The van der Waals surface area contributed by atoms with Crippen LogP contribution in [-0.2, 0) is 4.79 Å². The van der Waals surface area contributed by atoms with Gasteiger partial charge >= 0.3 is 0 Å². The molecule has 0 radical (unpaired) electrons.